The molecule has 1 aromatic heterocycles. The van der Waals surface area contributed by atoms with E-state index >= 15 is 0 Å². The Bertz CT molecular complexity index is 447. The third-order valence-electron chi connectivity index (χ3n) is 3.52. The SMILES string of the molecule is CCC(C)NC(=O)/C=C/c1ccc(C2CC2C)o1. The quantitative estimate of drug-likeness (QED) is 0.811. The fourth-order valence-electron chi connectivity index (χ4n) is 1.93. The van der Waals surface area contributed by atoms with Crippen LogP contribution in [0.15, 0.2) is 22.6 Å². The van der Waals surface area contributed by atoms with Crippen LogP contribution in [0.5, 0.6) is 0 Å². The van der Waals surface area contributed by atoms with Crippen molar-refractivity contribution in [2.24, 2.45) is 5.92 Å². The minimum atomic E-state index is -0.0675. The number of nitrogens with one attached hydrogen (secondary N) is 1. The van der Waals surface area contributed by atoms with Crippen LogP contribution in [0.2, 0.25) is 0 Å². The summed E-state index contributed by atoms with van der Waals surface area (Å²) in [6.45, 7) is 6.26. The molecule has 1 aliphatic carbocycles. The summed E-state index contributed by atoms with van der Waals surface area (Å²) in [5, 5.41) is 2.88. The summed E-state index contributed by atoms with van der Waals surface area (Å²) >= 11 is 0. The Morgan fingerprint density at radius 3 is 2.94 bits per heavy atom. The summed E-state index contributed by atoms with van der Waals surface area (Å²) in [6, 6.07) is 4.15. The third-order valence-corrected chi connectivity index (χ3v) is 3.52. The van der Waals surface area contributed by atoms with E-state index in [1.807, 2.05) is 26.0 Å². The average Bonchev–Trinajstić information content (AvgIpc) is 2.90. The second kappa shape index (κ2) is 5.42. The molecule has 3 nitrogen and oxygen atoms in total. The molecule has 0 bridgehead atoms. The van der Waals surface area contributed by atoms with E-state index < -0.39 is 0 Å². The van der Waals surface area contributed by atoms with Gasteiger partial charge >= 0.3 is 0 Å². The molecule has 3 atom stereocenters. The smallest absolute Gasteiger partial charge is 0.244 e. The molecular weight excluding hydrogens is 226 g/mol. The molecule has 1 aromatic rings. The topological polar surface area (TPSA) is 42.2 Å². The van der Waals surface area contributed by atoms with Gasteiger partial charge in [-0.15, -0.1) is 0 Å². The molecule has 1 aliphatic rings. The van der Waals surface area contributed by atoms with Gasteiger partial charge in [-0.3, -0.25) is 4.79 Å². The van der Waals surface area contributed by atoms with Crippen molar-refractivity contribution in [2.75, 3.05) is 0 Å². The van der Waals surface area contributed by atoms with Crippen molar-refractivity contribution in [3.8, 4) is 0 Å². The molecule has 0 radical (unpaired) electrons. The predicted molar refractivity (Wildman–Crippen MR) is 72.2 cm³/mol. The number of rotatable bonds is 5. The molecule has 1 saturated carbocycles. The molecule has 0 spiro atoms. The molecule has 0 aromatic carbocycles. The number of carbonyl (C=O) groups is 1. The first-order valence-corrected chi connectivity index (χ1v) is 6.68. The summed E-state index contributed by atoms with van der Waals surface area (Å²) < 4.78 is 5.69. The Labute approximate surface area is 108 Å². The van der Waals surface area contributed by atoms with Crippen molar-refractivity contribution in [1.82, 2.24) is 5.32 Å². The molecule has 0 saturated heterocycles. The van der Waals surface area contributed by atoms with Gasteiger partial charge in [0.05, 0.1) is 0 Å². The highest BCUT2D eigenvalue weighted by atomic mass is 16.3. The van der Waals surface area contributed by atoms with Gasteiger partial charge in [0.1, 0.15) is 11.5 Å². The van der Waals surface area contributed by atoms with Gasteiger partial charge in [-0.2, -0.15) is 0 Å². The second-order valence-electron chi connectivity index (χ2n) is 5.21. The molecule has 3 heteroatoms. The van der Waals surface area contributed by atoms with E-state index in [4.69, 9.17) is 4.42 Å². The highest BCUT2D eigenvalue weighted by Gasteiger charge is 2.36. The molecule has 18 heavy (non-hydrogen) atoms. The van der Waals surface area contributed by atoms with E-state index in [1.165, 1.54) is 12.5 Å². The number of amides is 1. The summed E-state index contributed by atoms with van der Waals surface area (Å²) in [5.74, 6) is 3.05. The van der Waals surface area contributed by atoms with E-state index in [0.717, 1.165) is 23.9 Å². The molecule has 1 heterocycles. The maximum atomic E-state index is 11.6. The summed E-state index contributed by atoms with van der Waals surface area (Å²) in [6.07, 6.45) is 5.41. The lowest BCUT2D eigenvalue weighted by molar-refractivity contribution is -0.117. The first kappa shape index (κ1) is 12.9. The van der Waals surface area contributed by atoms with E-state index in [9.17, 15) is 4.79 Å². The summed E-state index contributed by atoms with van der Waals surface area (Å²) in [5.41, 5.74) is 0. The van der Waals surface area contributed by atoms with E-state index in [0.29, 0.717) is 5.92 Å². The van der Waals surface area contributed by atoms with Crippen molar-refractivity contribution in [3.63, 3.8) is 0 Å². The summed E-state index contributed by atoms with van der Waals surface area (Å²) in [4.78, 5) is 11.6. The summed E-state index contributed by atoms with van der Waals surface area (Å²) in [7, 11) is 0. The first-order valence-electron chi connectivity index (χ1n) is 6.68. The van der Waals surface area contributed by atoms with Gasteiger partial charge < -0.3 is 9.73 Å². The van der Waals surface area contributed by atoms with Crippen molar-refractivity contribution >= 4 is 12.0 Å². The zero-order chi connectivity index (χ0) is 13.1. The zero-order valence-electron chi connectivity index (χ0n) is 11.3. The van der Waals surface area contributed by atoms with Crippen LogP contribution >= 0.6 is 0 Å². The Morgan fingerprint density at radius 2 is 2.33 bits per heavy atom. The van der Waals surface area contributed by atoms with Crippen molar-refractivity contribution < 1.29 is 9.21 Å². The average molecular weight is 247 g/mol. The lowest BCUT2D eigenvalue weighted by Gasteiger charge is -2.08. The number of furan rings is 1. The molecule has 3 unspecified atom stereocenters. The van der Waals surface area contributed by atoms with Crippen LogP contribution in [0.4, 0.5) is 0 Å². The normalized spacial score (nSPS) is 24.2. The van der Waals surface area contributed by atoms with Crippen molar-refractivity contribution in [3.05, 3.63) is 29.7 Å². The molecule has 1 N–H and O–H groups in total. The van der Waals surface area contributed by atoms with Crippen LogP contribution in [0.1, 0.15) is 51.1 Å². The molecule has 2 rings (SSSR count). The molecular formula is C15H21NO2. The lowest BCUT2D eigenvalue weighted by atomic mass is 10.2. The van der Waals surface area contributed by atoms with Crippen LogP contribution < -0.4 is 5.32 Å². The Kier molecular flexibility index (Phi) is 3.90. The lowest BCUT2D eigenvalue weighted by Crippen LogP contribution is -2.30. The maximum Gasteiger partial charge on any atom is 0.244 e. The van der Waals surface area contributed by atoms with Gasteiger partial charge in [0, 0.05) is 18.0 Å². The van der Waals surface area contributed by atoms with Gasteiger partial charge in [0.2, 0.25) is 5.91 Å². The van der Waals surface area contributed by atoms with Crippen LogP contribution in [0, 0.1) is 5.92 Å². The number of hydrogen-bond acceptors (Lipinski definition) is 2. The minimum absolute atomic E-state index is 0.0675. The first-order chi connectivity index (χ1) is 8.60. The van der Waals surface area contributed by atoms with Crippen LogP contribution in [-0.4, -0.2) is 11.9 Å². The Morgan fingerprint density at radius 1 is 1.61 bits per heavy atom. The second-order valence-corrected chi connectivity index (χ2v) is 5.21. The fraction of sp³-hybridized carbons (Fsp3) is 0.533. The van der Waals surface area contributed by atoms with E-state index in [1.54, 1.807) is 6.08 Å². The Hall–Kier alpha value is -1.51. The van der Waals surface area contributed by atoms with Crippen molar-refractivity contribution in [1.29, 1.82) is 0 Å². The van der Waals surface area contributed by atoms with Crippen LogP contribution in [-0.2, 0) is 4.79 Å². The number of carbonyl (C=O) groups excluding carboxylic acids is 1. The standard InChI is InChI=1S/C15H21NO2/c1-4-11(3)16-15(17)8-6-12-5-7-14(18-12)13-9-10(13)2/h5-8,10-11,13H,4,9H2,1-3H3,(H,16,17)/b8-6+. The van der Waals surface area contributed by atoms with Gasteiger partial charge in [-0.25, -0.2) is 0 Å². The fourth-order valence-corrected chi connectivity index (χ4v) is 1.93. The Balaban J connectivity index is 1.88. The maximum absolute atomic E-state index is 11.6. The molecule has 1 amide bonds. The zero-order valence-corrected chi connectivity index (χ0v) is 11.3. The largest absolute Gasteiger partial charge is 0.461 e. The van der Waals surface area contributed by atoms with E-state index in [-0.39, 0.29) is 11.9 Å². The van der Waals surface area contributed by atoms with Crippen LogP contribution in [0.25, 0.3) is 6.08 Å². The molecule has 0 aliphatic heterocycles. The highest BCUT2D eigenvalue weighted by Crippen LogP contribution is 2.47. The van der Waals surface area contributed by atoms with Gasteiger partial charge in [0.25, 0.3) is 0 Å². The molecule has 1 fully saturated rings. The van der Waals surface area contributed by atoms with Crippen LogP contribution in [0.3, 0.4) is 0 Å². The van der Waals surface area contributed by atoms with Gasteiger partial charge in [0.15, 0.2) is 0 Å². The third kappa shape index (κ3) is 3.25. The minimum Gasteiger partial charge on any atom is -0.461 e. The number of hydrogen-bond donors (Lipinski definition) is 1. The van der Waals surface area contributed by atoms with Gasteiger partial charge in [-0.1, -0.05) is 13.8 Å². The highest BCUT2D eigenvalue weighted by molar-refractivity contribution is 5.91. The van der Waals surface area contributed by atoms with Crippen molar-refractivity contribution in [2.45, 2.75) is 45.6 Å². The molecule has 98 valence electrons. The van der Waals surface area contributed by atoms with Gasteiger partial charge in [-0.05, 0) is 43.9 Å². The monoisotopic (exact) mass is 247 g/mol. The van der Waals surface area contributed by atoms with E-state index in [2.05, 4.69) is 12.2 Å². The predicted octanol–water partition coefficient (Wildman–Crippen LogP) is 3.33.